The highest BCUT2D eigenvalue weighted by Gasteiger charge is 2.26. The molecule has 0 N–H and O–H groups in total. The van der Waals surface area contributed by atoms with Crippen molar-refractivity contribution in [1.29, 1.82) is 0 Å². The van der Waals surface area contributed by atoms with E-state index in [1.165, 1.54) is 109 Å². The molecule has 8 aromatic carbocycles. The average molecular weight is 768 g/mol. The molecule has 0 heterocycles. The SMILES string of the molecule is CC(C)(C)c1cc(-c2ccccc2N(c2cccc(-c3cccc4ccccc34)c2)c2ccccc2-c2cccc3cccc(C4CCCCC4)c23)cc(C(C)(C)C)c1. The van der Waals surface area contributed by atoms with Crippen molar-refractivity contribution in [3.8, 4) is 33.4 Å². The lowest BCUT2D eigenvalue weighted by Gasteiger charge is -2.32. The van der Waals surface area contributed by atoms with E-state index in [2.05, 4.69) is 216 Å². The standard InChI is InChI=1S/C58H57N/c1-57(2,3)45-36-44(37-46(39-45)58(4,5)6)50-29-12-14-34-54(50)59(47-27-16-26-43(38-47)49-31-17-23-40-22-10-11-28-48(40)49)55-35-15-13-30-52(55)53-33-19-25-42-24-18-32-51(56(42)53)41-20-8-7-9-21-41/h10-19,22-39,41H,7-9,20-21H2,1-6H3. The first kappa shape index (κ1) is 38.6. The van der Waals surface area contributed by atoms with Crippen molar-refractivity contribution in [3.63, 3.8) is 0 Å². The van der Waals surface area contributed by atoms with Gasteiger partial charge in [-0.15, -0.1) is 0 Å². The Morgan fingerprint density at radius 1 is 0.424 bits per heavy atom. The van der Waals surface area contributed by atoms with Gasteiger partial charge < -0.3 is 4.90 Å². The summed E-state index contributed by atoms with van der Waals surface area (Å²) >= 11 is 0. The van der Waals surface area contributed by atoms with Gasteiger partial charge in [-0.3, -0.25) is 0 Å². The van der Waals surface area contributed by atoms with Crippen molar-refractivity contribution in [3.05, 3.63) is 187 Å². The van der Waals surface area contributed by atoms with Crippen LogP contribution >= 0.6 is 0 Å². The zero-order valence-electron chi connectivity index (χ0n) is 35.7. The minimum atomic E-state index is -0.00552. The Morgan fingerprint density at radius 2 is 0.966 bits per heavy atom. The molecule has 0 unspecified atom stereocenters. The van der Waals surface area contributed by atoms with Crippen LogP contribution < -0.4 is 4.90 Å². The van der Waals surface area contributed by atoms with E-state index in [1.807, 2.05) is 0 Å². The molecule has 0 aliphatic heterocycles. The average Bonchev–Trinajstić information content (AvgIpc) is 3.26. The van der Waals surface area contributed by atoms with Crippen LogP contribution in [0.15, 0.2) is 170 Å². The van der Waals surface area contributed by atoms with Gasteiger partial charge in [-0.25, -0.2) is 0 Å². The molecule has 0 aromatic heterocycles. The Hall–Kier alpha value is -5.92. The van der Waals surface area contributed by atoms with Crippen molar-refractivity contribution in [2.75, 3.05) is 4.90 Å². The first-order valence-corrected chi connectivity index (χ1v) is 21.8. The molecular weight excluding hydrogens is 711 g/mol. The predicted molar refractivity (Wildman–Crippen MR) is 256 cm³/mol. The van der Waals surface area contributed by atoms with E-state index in [0.717, 1.165) is 11.4 Å². The highest BCUT2D eigenvalue weighted by molar-refractivity contribution is 6.04. The number of fused-ring (bicyclic) bond motifs is 2. The van der Waals surface area contributed by atoms with E-state index in [-0.39, 0.29) is 10.8 Å². The van der Waals surface area contributed by atoms with Crippen LogP contribution in [-0.2, 0) is 10.8 Å². The zero-order chi connectivity index (χ0) is 40.7. The minimum Gasteiger partial charge on any atom is -0.309 e. The smallest absolute Gasteiger partial charge is 0.0540 e. The zero-order valence-corrected chi connectivity index (χ0v) is 35.7. The quantitative estimate of drug-likeness (QED) is 0.156. The first-order chi connectivity index (χ1) is 28.5. The van der Waals surface area contributed by atoms with Crippen LogP contribution in [0.3, 0.4) is 0 Å². The number of hydrogen-bond donors (Lipinski definition) is 0. The summed E-state index contributed by atoms with van der Waals surface area (Å²) in [6.07, 6.45) is 6.49. The van der Waals surface area contributed by atoms with Crippen molar-refractivity contribution >= 4 is 38.6 Å². The molecule has 0 spiro atoms. The number of para-hydroxylation sites is 2. The maximum atomic E-state index is 2.54. The van der Waals surface area contributed by atoms with Gasteiger partial charge in [-0.1, -0.05) is 206 Å². The van der Waals surface area contributed by atoms with Gasteiger partial charge in [0.15, 0.2) is 0 Å². The van der Waals surface area contributed by atoms with Gasteiger partial charge in [0.05, 0.1) is 11.4 Å². The number of rotatable bonds is 7. The summed E-state index contributed by atoms with van der Waals surface area (Å²) in [6, 6.07) is 64.0. The van der Waals surface area contributed by atoms with E-state index >= 15 is 0 Å². The van der Waals surface area contributed by atoms with Gasteiger partial charge in [0, 0.05) is 16.8 Å². The normalized spacial score (nSPS) is 13.9. The second kappa shape index (κ2) is 15.7. The fourth-order valence-electron chi connectivity index (χ4n) is 9.50. The van der Waals surface area contributed by atoms with Crippen LogP contribution in [0.2, 0.25) is 0 Å². The van der Waals surface area contributed by atoms with E-state index in [0.29, 0.717) is 5.92 Å². The topological polar surface area (TPSA) is 3.24 Å². The summed E-state index contributed by atoms with van der Waals surface area (Å²) in [6.45, 7) is 14.0. The molecule has 1 fully saturated rings. The van der Waals surface area contributed by atoms with Gasteiger partial charge in [0.25, 0.3) is 0 Å². The second-order valence-corrected chi connectivity index (χ2v) is 18.8. The Morgan fingerprint density at radius 3 is 1.68 bits per heavy atom. The molecule has 0 saturated heterocycles. The first-order valence-electron chi connectivity index (χ1n) is 21.8. The number of hydrogen-bond acceptors (Lipinski definition) is 1. The van der Waals surface area contributed by atoms with Crippen molar-refractivity contribution in [2.45, 2.75) is 90.4 Å². The monoisotopic (exact) mass is 767 g/mol. The van der Waals surface area contributed by atoms with Crippen molar-refractivity contribution in [1.82, 2.24) is 0 Å². The van der Waals surface area contributed by atoms with Gasteiger partial charge in [0.2, 0.25) is 0 Å². The fraction of sp³-hybridized carbons (Fsp3) is 0.241. The van der Waals surface area contributed by atoms with Gasteiger partial charge in [-0.05, 0) is 114 Å². The van der Waals surface area contributed by atoms with Crippen molar-refractivity contribution in [2.24, 2.45) is 0 Å². The Labute approximate surface area is 352 Å². The third-order valence-electron chi connectivity index (χ3n) is 12.7. The van der Waals surface area contributed by atoms with Crippen LogP contribution in [0.1, 0.15) is 96.3 Å². The van der Waals surface area contributed by atoms with Gasteiger partial charge in [0.1, 0.15) is 0 Å². The largest absolute Gasteiger partial charge is 0.309 e. The summed E-state index contributed by atoms with van der Waals surface area (Å²) in [5.74, 6) is 0.585. The molecule has 8 aromatic rings. The Balaban J connectivity index is 1.32. The maximum absolute atomic E-state index is 2.54. The minimum absolute atomic E-state index is 0.00552. The molecule has 294 valence electrons. The third-order valence-corrected chi connectivity index (χ3v) is 12.7. The van der Waals surface area contributed by atoms with Gasteiger partial charge in [-0.2, -0.15) is 0 Å². The van der Waals surface area contributed by atoms with E-state index in [9.17, 15) is 0 Å². The van der Waals surface area contributed by atoms with Crippen LogP contribution in [-0.4, -0.2) is 0 Å². The summed E-state index contributed by atoms with van der Waals surface area (Å²) in [5, 5.41) is 5.24. The number of nitrogens with zero attached hydrogens (tertiary/aromatic N) is 1. The number of benzene rings is 8. The maximum Gasteiger partial charge on any atom is 0.0540 e. The molecule has 0 amide bonds. The molecule has 0 atom stereocenters. The number of anilines is 3. The highest BCUT2D eigenvalue weighted by atomic mass is 15.1. The van der Waals surface area contributed by atoms with E-state index in [4.69, 9.17) is 0 Å². The predicted octanol–water partition coefficient (Wildman–Crippen LogP) is 17.1. The molecule has 59 heavy (non-hydrogen) atoms. The lowest BCUT2D eigenvalue weighted by atomic mass is 9.78. The van der Waals surface area contributed by atoms with E-state index < -0.39 is 0 Å². The fourth-order valence-corrected chi connectivity index (χ4v) is 9.50. The molecule has 1 saturated carbocycles. The summed E-state index contributed by atoms with van der Waals surface area (Å²) in [7, 11) is 0. The molecule has 1 heteroatoms. The van der Waals surface area contributed by atoms with Crippen LogP contribution in [0.25, 0.3) is 54.9 Å². The third kappa shape index (κ3) is 7.60. The van der Waals surface area contributed by atoms with Crippen LogP contribution in [0, 0.1) is 0 Å². The van der Waals surface area contributed by atoms with Crippen LogP contribution in [0.4, 0.5) is 17.1 Å². The second-order valence-electron chi connectivity index (χ2n) is 18.8. The summed E-state index contributed by atoms with van der Waals surface area (Å²) < 4.78 is 0. The summed E-state index contributed by atoms with van der Waals surface area (Å²) in [5.41, 5.74) is 15.1. The van der Waals surface area contributed by atoms with Crippen molar-refractivity contribution < 1.29 is 0 Å². The molecule has 1 aliphatic carbocycles. The van der Waals surface area contributed by atoms with Crippen LogP contribution in [0.5, 0.6) is 0 Å². The Kier molecular flexibility index (Phi) is 10.3. The lowest BCUT2D eigenvalue weighted by Crippen LogP contribution is -2.17. The molecule has 1 aliphatic rings. The summed E-state index contributed by atoms with van der Waals surface area (Å²) in [4.78, 5) is 2.54. The molecule has 1 nitrogen and oxygen atoms in total. The van der Waals surface area contributed by atoms with Gasteiger partial charge >= 0.3 is 0 Å². The molecule has 0 radical (unpaired) electrons. The highest BCUT2D eigenvalue weighted by Crippen LogP contribution is 2.49. The lowest BCUT2D eigenvalue weighted by molar-refractivity contribution is 0.445. The molecular formula is C58H57N. The molecule has 0 bridgehead atoms. The van der Waals surface area contributed by atoms with E-state index in [1.54, 1.807) is 0 Å². The Bertz CT molecular complexity index is 2740. The molecule has 9 rings (SSSR count).